The van der Waals surface area contributed by atoms with Gasteiger partial charge < -0.3 is 14.9 Å². The molecular formula is C12H14O5. The molecule has 0 fully saturated rings. The summed E-state index contributed by atoms with van der Waals surface area (Å²) in [7, 11) is 0. The highest BCUT2D eigenvalue weighted by molar-refractivity contribution is 5.92. The van der Waals surface area contributed by atoms with Crippen molar-refractivity contribution in [3.63, 3.8) is 0 Å². The first-order valence-corrected chi connectivity index (χ1v) is 5.19. The summed E-state index contributed by atoms with van der Waals surface area (Å²) in [5, 5.41) is 17.6. The van der Waals surface area contributed by atoms with Crippen LogP contribution in [-0.2, 0) is 4.74 Å². The van der Waals surface area contributed by atoms with Crippen LogP contribution in [0.25, 0.3) is 0 Å². The minimum Gasteiger partial charge on any atom is -0.478 e. The summed E-state index contributed by atoms with van der Waals surface area (Å²) in [6, 6.07) is 5.48. The van der Waals surface area contributed by atoms with Crippen molar-refractivity contribution < 1.29 is 24.5 Å². The quantitative estimate of drug-likeness (QED) is 0.755. The van der Waals surface area contributed by atoms with Crippen molar-refractivity contribution in [2.75, 3.05) is 6.61 Å². The zero-order chi connectivity index (χ0) is 12.8. The topological polar surface area (TPSA) is 83.8 Å². The third-order valence-electron chi connectivity index (χ3n) is 2.14. The molecule has 1 aromatic carbocycles. The molecule has 17 heavy (non-hydrogen) atoms. The summed E-state index contributed by atoms with van der Waals surface area (Å²) >= 11 is 0. The molecule has 0 aliphatic heterocycles. The van der Waals surface area contributed by atoms with Gasteiger partial charge in [-0.25, -0.2) is 9.59 Å². The van der Waals surface area contributed by atoms with Gasteiger partial charge >= 0.3 is 11.9 Å². The summed E-state index contributed by atoms with van der Waals surface area (Å²) in [5.74, 6) is -1.57. The predicted molar refractivity (Wildman–Crippen MR) is 60.0 cm³/mol. The van der Waals surface area contributed by atoms with E-state index < -0.39 is 18.0 Å². The standard InChI is InChI=1S/C12H14O5/c1-8(13)6-7-17-12(16)10-4-2-9(3-5-10)11(14)15/h2-5,8,13H,6-7H2,1H3,(H,14,15). The molecule has 1 atom stereocenters. The minimum atomic E-state index is -1.04. The van der Waals surface area contributed by atoms with Gasteiger partial charge in [0.1, 0.15) is 0 Å². The fraction of sp³-hybridized carbons (Fsp3) is 0.333. The van der Waals surface area contributed by atoms with Crippen molar-refractivity contribution in [3.05, 3.63) is 35.4 Å². The van der Waals surface area contributed by atoms with E-state index in [0.29, 0.717) is 12.0 Å². The fourth-order valence-corrected chi connectivity index (χ4v) is 1.15. The number of hydrogen-bond donors (Lipinski definition) is 2. The van der Waals surface area contributed by atoms with E-state index in [1.54, 1.807) is 6.92 Å². The van der Waals surface area contributed by atoms with Crippen molar-refractivity contribution in [1.82, 2.24) is 0 Å². The number of aliphatic hydroxyl groups is 1. The van der Waals surface area contributed by atoms with E-state index in [2.05, 4.69) is 0 Å². The van der Waals surface area contributed by atoms with Crippen molar-refractivity contribution in [2.24, 2.45) is 0 Å². The Hall–Kier alpha value is -1.88. The van der Waals surface area contributed by atoms with Gasteiger partial charge in [-0.1, -0.05) is 0 Å². The molecule has 0 heterocycles. The van der Waals surface area contributed by atoms with Crippen molar-refractivity contribution in [3.8, 4) is 0 Å². The van der Waals surface area contributed by atoms with Gasteiger partial charge in [0.15, 0.2) is 0 Å². The van der Waals surface area contributed by atoms with Crippen LogP contribution in [0.3, 0.4) is 0 Å². The molecule has 2 N–H and O–H groups in total. The van der Waals surface area contributed by atoms with Crippen LogP contribution in [-0.4, -0.2) is 34.9 Å². The van der Waals surface area contributed by atoms with E-state index in [1.165, 1.54) is 24.3 Å². The van der Waals surface area contributed by atoms with E-state index in [0.717, 1.165) is 0 Å². The number of benzene rings is 1. The van der Waals surface area contributed by atoms with E-state index in [9.17, 15) is 9.59 Å². The lowest BCUT2D eigenvalue weighted by molar-refractivity contribution is 0.0443. The number of esters is 1. The van der Waals surface area contributed by atoms with Crippen LogP contribution < -0.4 is 0 Å². The summed E-state index contributed by atoms with van der Waals surface area (Å²) in [4.78, 5) is 22.0. The lowest BCUT2D eigenvalue weighted by Crippen LogP contribution is -2.11. The van der Waals surface area contributed by atoms with Crippen molar-refractivity contribution in [1.29, 1.82) is 0 Å². The molecule has 1 rings (SSSR count). The first-order chi connectivity index (χ1) is 8.00. The van der Waals surface area contributed by atoms with Crippen LogP contribution in [0.1, 0.15) is 34.1 Å². The number of ether oxygens (including phenoxy) is 1. The van der Waals surface area contributed by atoms with Crippen LogP contribution in [0.5, 0.6) is 0 Å². The third-order valence-corrected chi connectivity index (χ3v) is 2.14. The average Bonchev–Trinajstić information content (AvgIpc) is 2.28. The second-order valence-electron chi connectivity index (χ2n) is 3.66. The summed E-state index contributed by atoms with van der Waals surface area (Å²) < 4.78 is 4.89. The molecule has 92 valence electrons. The molecule has 0 aromatic heterocycles. The molecule has 0 saturated heterocycles. The van der Waals surface area contributed by atoms with E-state index >= 15 is 0 Å². The Morgan fingerprint density at radius 3 is 2.24 bits per heavy atom. The lowest BCUT2D eigenvalue weighted by Gasteiger charge is -2.06. The maximum absolute atomic E-state index is 11.5. The maximum atomic E-state index is 11.5. The Morgan fingerprint density at radius 1 is 1.24 bits per heavy atom. The Bertz CT molecular complexity index is 394. The van der Waals surface area contributed by atoms with Crippen LogP contribution in [0.4, 0.5) is 0 Å². The third kappa shape index (κ3) is 4.24. The zero-order valence-corrected chi connectivity index (χ0v) is 9.42. The summed E-state index contributed by atoms with van der Waals surface area (Å²) in [5.41, 5.74) is 0.408. The molecule has 0 aliphatic rings. The summed E-state index contributed by atoms with van der Waals surface area (Å²) in [6.07, 6.45) is -0.143. The van der Waals surface area contributed by atoms with Gasteiger partial charge in [-0.2, -0.15) is 0 Å². The number of aliphatic hydroxyl groups excluding tert-OH is 1. The van der Waals surface area contributed by atoms with E-state index in [1.807, 2.05) is 0 Å². The normalized spacial score (nSPS) is 11.9. The highest BCUT2D eigenvalue weighted by Gasteiger charge is 2.09. The monoisotopic (exact) mass is 238 g/mol. The fourth-order valence-electron chi connectivity index (χ4n) is 1.15. The second-order valence-corrected chi connectivity index (χ2v) is 3.66. The lowest BCUT2D eigenvalue weighted by atomic mass is 10.1. The molecule has 0 saturated carbocycles. The number of hydrogen-bond acceptors (Lipinski definition) is 4. The Labute approximate surface area is 98.6 Å². The Balaban J connectivity index is 2.55. The minimum absolute atomic E-state index is 0.116. The van der Waals surface area contributed by atoms with Crippen LogP contribution in [0, 0.1) is 0 Å². The van der Waals surface area contributed by atoms with Gasteiger partial charge in [0.2, 0.25) is 0 Å². The number of carbonyl (C=O) groups is 2. The molecule has 5 heteroatoms. The first kappa shape index (κ1) is 13.2. The van der Waals surface area contributed by atoms with Gasteiger partial charge in [0, 0.05) is 6.42 Å². The smallest absolute Gasteiger partial charge is 0.338 e. The molecule has 1 aromatic rings. The highest BCUT2D eigenvalue weighted by Crippen LogP contribution is 2.06. The number of rotatable bonds is 5. The zero-order valence-electron chi connectivity index (χ0n) is 9.42. The molecule has 0 bridgehead atoms. The van der Waals surface area contributed by atoms with Crippen LogP contribution >= 0.6 is 0 Å². The van der Waals surface area contributed by atoms with Gasteiger partial charge in [-0.3, -0.25) is 0 Å². The Kier molecular flexibility index (Phi) is 4.66. The molecule has 0 aliphatic carbocycles. The number of carboxylic acid groups (broad SMARTS) is 1. The average molecular weight is 238 g/mol. The van der Waals surface area contributed by atoms with Gasteiger partial charge in [-0.05, 0) is 31.2 Å². The molecule has 0 amide bonds. The van der Waals surface area contributed by atoms with Crippen LogP contribution in [0.15, 0.2) is 24.3 Å². The largest absolute Gasteiger partial charge is 0.478 e. The molecular weight excluding hydrogens is 224 g/mol. The van der Waals surface area contributed by atoms with Crippen molar-refractivity contribution in [2.45, 2.75) is 19.4 Å². The van der Waals surface area contributed by atoms with Gasteiger partial charge in [0.25, 0.3) is 0 Å². The molecule has 5 nitrogen and oxygen atoms in total. The van der Waals surface area contributed by atoms with Crippen LogP contribution in [0.2, 0.25) is 0 Å². The Morgan fingerprint density at radius 2 is 1.76 bits per heavy atom. The highest BCUT2D eigenvalue weighted by atomic mass is 16.5. The molecule has 0 spiro atoms. The maximum Gasteiger partial charge on any atom is 0.338 e. The number of carbonyl (C=O) groups excluding carboxylic acids is 1. The molecule has 0 radical (unpaired) electrons. The number of carboxylic acids is 1. The van der Waals surface area contributed by atoms with E-state index in [4.69, 9.17) is 14.9 Å². The summed E-state index contributed by atoms with van der Waals surface area (Å²) in [6.45, 7) is 1.74. The predicted octanol–water partition coefficient (Wildman–Crippen LogP) is 1.31. The van der Waals surface area contributed by atoms with Crippen molar-refractivity contribution >= 4 is 11.9 Å². The SMILES string of the molecule is CC(O)CCOC(=O)c1ccc(C(=O)O)cc1. The second kappa shape index (κ2) is 6.00. The van der Waals surface area contributed by atoms with E-state index in [-0.39, 0.29) is 12.2 Å². The first-order valence-electron chi connectivity index (χ1n) is 5.19. The van der Waals surface area contributed by atoms with Gasteiger partial charge in [0.05, 0.1) is 23.8 Å². The molecule has 1 unspecified atom stereocenters. The van der Waals surface area contributed by atoms with Gasteiger partial charge in [-0.15, -0.1) is 0 Å². The number of aromatic carboxylic acids is 1.